The number of aromatic nitrogens is 1. The Morgan fingerprint density at radius 1 is 1.39 bits per heavy atom. The minimum Gasteiger partial charge on any atom is -0.352 e. The summed E-state index contributed by atoms with van der Waals surface area (Å²) in [5.41, 5.74) is 0.947. The predicted octanol–water partition coefficient (Wildman–Crippen LogP) is 0.280. The molecule has 0 aliphatic carbocycles. The molecule has 7 heteroatoms. The van der Waals surface area contributed by atoms with Crippen LogP contribution in [0.1, 0.15) is 19.0 Å². The third kappa shape index (κ3) is 4.09. The van der Waals surface area contributed by atoms with Gasteiger partial charge in [-0.3, -0.25) is 0 Å². The molecule has 1 rings (SSSR count). The molecule has 1 heterocycles. The van der Waals surface area contributed by atoms with E-state index in [0.29, 0.717) is 6.54 Å². The first kappa shape index (κ1) is 15.2. The van der Waals surface area contributed by atoms with Crippen LogP contribution in [0.15, 0.2) is 17.2 Å². The van der Waals surface area contributed by atoms with E-state index >= 15 is 0 Å². The van der Waals surface area contributed by atoms with Crippen LogP contribution in [0.3, 0.4) is 0 Å². The molecule has 0 amide bonds. The number of hydrogen-bond donors (Lipinski definition) is 2. The van der Waals surface area contributed by atoms with Crippen LogP contribution in [-0.2, 0) is 23.6 Å². The van der Waals surface area contributed by atoms with Crippen LogP contribution >= 0.6 is 0 Å². The molecule has 0 saturated carbocycles. The molecular formula is C11H22N4O2S. The Bertz CT molecular complexity index is 479. The maximum atomic E-state index is 12.0. The van der Waals surface area contributed by atoms with Gasteiger partial charge in [0.15, 0.2) is 0 Å². The zero-order chi connectivity index (χ0) is 13.8. The molecule has 0 aromatic carbocycles. The van der Waals surface area contributed by atoms with E-state index in [1.54, 1.807) is 26.4 Å². The van der Waals surface area contributed by atoms with Gasteiger partial charge in [-0.05, 0) is 19.0 Å². The van der Waals surface area contributed by atoms with Crippen molar-refractivity contribution in [3.05, 3.63) is 18.0 Å². The smallest absolute Gasteiger partial charge is 0.254 e. The lowest BCUT2D eigenvalue weighted by Crippen LogP contribution is -2.35. The fourth-order valence-corrected chi connectivity index (χ4v) is 2.76. The van der Waals surface area contributed by atoms with Gasteiger partial charge in [0.05, 0.1) is 0 Å². The Hall–Kier alpha value is -0.890. The van der Waals surface area contributed by atoms with Gasteiger partial charge >= 0.3 is 0 Å². The molecule has 104 valence electrons. The first-order valence-corrected chi connectivity index (χ1v) is 7.41. The second-order valence-corrected chi connectivity index (χ2v) is 6.10. The first-order valence-electron chi connectivity index (χ1n) is 5.92. The van der Waals surface area contributed by atoms with Crippen molar-refractivity contribution in [2.24, 2.45) is 7.05 Å². The van der Waals surface area contributed by atoms with E-state index < -0.39 is 10.0 Å². The van der Waals surface area contributed by atoms with Crippen molar-refractivity contribution in [1.82, 2.24) is 19.7 Å². The van der Waals surface area contributed by atoms with Gasteiger partial charge < -0.3 is 9.88 Å². The molecule has 0 radical (unpaired) electrons. The summed E-state index contributed by atoms with van der Waals surface area (Å²) in [7, 11) is 1.67. The Kier molecular flexibility index (Phi) is 5.33. The second-order valence-electron chi connectivity index (χ2n) is 4.44. The van der Waals surface area contributed by atoms with Gasteiger partial charge in [-0.2, -0.15) is 0 Å². The minimum absolute atomic E-state index is 0.284. The van der Waals surface area contributed by atoms with E-state index in [1.807, 2.05) is 11.6 Å². The summed E-state index contributed by atoms with van der Waals surface area (Å²) < 4.78 is 25.7. The van der Waals surface area contributed by atoms with Gasteiger partial charge in [0.1, 0.15) is 4.90 Å². The van der Waals surface area contributed by atoms with Crippen molar-refractivity contribution < 1.29 is 8.42 Å². The van der Waals surface area contributed by atoms with Crippen LogP contribution < -0.4 is 10.1 Å². The zero-order valence-corrected chi connectivity index (χ0v) is 12.2. The van der Waals surface area contributed by atoms with Crippen LogP contribution in [-0.4, -0.2) is 38.6 Å². The number of aryl methyl sites for hydroxylation is 1. The Labute approximate surface area is 109 Å². The summed E-state index contributed by atoms with van der Waals surface area (Å²) in [4.78, 5) is 2.70. The topological polar surface area (TPSA) is 66.4 Å². The lowest BCUT2D eigenvalue weighted by atomic mass is 10.4. The molecule has 6 nitrogen and oxygen atoms in total. The number of nitrogens with one attached hydrogen (secondary N) is 2. The minimum atomic E-state index is -3.46. The zero-order valence-electron chi connectivity index (χ0n) is 11.4. The van der Waals surface area contributed by atoms with Crippen molar-refractivity contribution in [1.29, 1.82) is 0 Å². The quantitative estimate of drug-likeness (QED) is 0.554. The summed E-state index contributed by atoms with van der Waals surface area (Å²) in [6.45, 7) is 3.68. The summed E-state index contributed by atoms with van der Waals surface area (Å²) in [5.74, 6) is 0. The molecule has 1 aromatic heterocycles. The third-order valence-electron chi connectivity index (χ3n) is 2.43. The Balaban J connectivity index is 2.83. The molecule has 0 saturated heterocycles. The van der Waals surface area contributed by atoms with Crippen molar-refractivity contribution in [2.75, 3.05) is 20.6 Å². The van der Waals surface area contributed by atoms with Crippen molar-refractivity contribution in [2.45, 2.75) is 24.8 Å². The molecule has 2 N–H and O–H groups in total. The van der Waals surface area contributed by atoms with Gasteiger partial charge in [0.25, 0.3) is 10.0 Å². The number of sulfonamides is 1. The predicted molar refractivity (Wildman–Crippen MR) is 71.4 cm³/mol. The molecular weight excluding hydrogens is 252 g/mol. The van der Waals surface area contributed by atoms with Gasteiger partial charge in [0, 0.05) is 39.6 Å². The Morgan fingerprint density at radius 3 is 2.61 bits per heavy atom. The van der Waals surface area contributed by atoms with Crippen molar-refractivity contribution in [3.63, 3.8) is 0 Å². The van der Waals surface area contributed by atoms with E-state index in [0.717, 1.165) is 18.7 Å². The van der Waals surface area contributed by atoms with E-state index in [1.165, 1.54) is 5.01 Å². The normalized spacial score (nSPS) is 12.3. The van der Waals surface area contributed by atoms with Gasteiger partial charge in [-0.1, -0.05) is 6.92 Å². The number of hydrogen-bond acceptors (Lipinski definition) is 4. The van der Waals surface area contributed by atoms with E-state index in [9.17, 15) is 8.42 Å². The van der Waals surface area contributed by atoms with Gasteiger partial charge in [0.2, 0.25) is 0 Å². The first-order chi connectivity index (χ1) is 8.36. The third-order valence-corrected chi connectivity index (χ3v) is 3.88. The lowest BCUT2D eigenvalue weighted by molar-refractivity contribution is 0.364. The maximum absolute atomic E-state index is 12.0. The van der Waals surface area contributed by atoms with Gasteiger partial charge in [-0.25, -0.2) is 13.4 Å². The number of hydrazine groups is 1. The molecule has 1 aromatic rings. The van der Waals surface area contributed by atoms with Crippen LogP contribution in [0.25, 0.3) is 0 Å². The summed E-state index contributed by atoms with van der Waals surface area (Å²) in [6.07, 6.45) is 2.67. The van der Waals surface area contributed by atoms with Crippen LogP contribution in [0.2, 0.25) is 0 Å². The number of rotatable bonds is 7. The monoisotopic (exact) mass is 274 g/mol. The Morgan fingerprint density at radius 2 is 2.06 bits per heavy atom. The van der Waals surface area contributed by atoms with E-state index in [-0.39, 0.29) is 4.90 Å². The van der Waals surface area contributed by atoms with Gasteiger partial charge in [-0.15, -0.1) is 4.83 Å². The van der Waals surface area contributed by atoms with E-state index in [4.69, 9.17) is 0 Å². The van der Waals surface area contributed by atoms with Crippen molar-refractivity contribution in [3.8, 4) is 0 Å². The largest absolute Gasteiger partial charge is 0.352 e. The highest BCUT2D eigenvalue weighted by Crippen LogP contribution is 2.13. The van der Waals surface area contributed by atoms with Crippen LogP contribution in [0.4, 0.5) is 0 Å². The number of nitrogens with zero attached hydrogens (tertiary/aromatic N) is 2. The fraction of sp³-hybridized carbons (Fsp3) is 0.636. The summed E-state index contributed by atoms with van der Waals surface area (Å²) in [5, 5.41) is 4.67. The highest BCUT2D eigenvalue weighted by molar-refractivity contribution is 7.89. The highest BCUT2D eigenvalue weighted by Gasteiger charge is 2.17. The van der Waals surface area contributed by atoms with E-state index in [2.05, 4.69) is 17.1 Å². The second kappa shape index (κ2) is 6.33. The molecule has 0 spiro atoms. The highest BCUT2D eigenvalue weighted by atomic mass is 32.2. The molecule has 0 aliphatic heterocycles. The molecule has 0 atom stereocenters. The average molecular weight is 274 g/mol. The summed E-state index contributed by atoms with van der Waals surface area (Å²) in [6, 6.07) is 1.69. The maximum Gasteiger partial charge on any atom is 0.254 e. The van der Waals surface area contributed by atoms with Crippen molar-refractivity contribution >= 4 is 10.0 Å². The molecule has 0 unspecified atom stereocenters. The fourth-order valence-electron chi connectivity index (χ4n) is 1.59. The average Bonchev–Trinajstić information content (AvgIpc) is 2.60. The lowest BCUT2D eigenvalue weighted by Gasteiger charge is -2.10. The molecule has 0 bridgehead atoms. The SMILES string of the molecule is CCCNCc1cc(S(=O)(=O)NN(C)C)cn1C. The molecule has 18 heavy (non-hydrogen) atoms. The molecule has 0 aliphatic rings. The summed E-state index contributed by atoms with van der Waals surface area (Å²) >= 11 is 0. The standard InChI is InChI=1S/C11H22N4O2S/c1-5-6-12-8-10-7-11(9-15(10)4)18(16,17)13-14(2)3/h7,9,12-13H,5-6,8H2,1-4H3. The van der Waals surface area contributed by atoms with Crippen LogP contribution in [0, 0.1) is 0 Å². The molecule has 0 fully saturated rings. The van der Waals surface area contributed by atoms with Crippen LogP contribution in [0.5, 0.6) is 0 Å².